The van der Waals surface area contributed by atoms with Crippen molar-refractivity contribution < 1.29 is 14.7 Å². The molecule has 0 aliphatic carbocycles. The maximum Gasteiger partial charge on any atom is 0.326 e. The van der Waals surface area contributed by atoms with Gasteiger partial charge in [0, 0.05) is 5.69 Å². The monoisotopic (exact) mass is 264 g/mol. The molecule has 1 aromatic rings. The van der Waals surface area contributed by atoms with Gasteiger partial charge in [-0.3, -0.25) is 0 Å². The quantitative estimate of drug-likeness (QED) is 0.782. The summed E-state index contributed by atoms with van der Waals surface area (Å²) in [5, 5.41) is 14.1. The van der Waals surface area contributed by atoms with Crippen LogP contribution < -0.4 is 10.6 Å². The number of carboxylic acid groups (broad SMARTS) is 1. The number of benzene rings is 1. The molecule has 0 spiro atoms. The maximum atomic E-state index is 11.7. The lowest BCUT2D eigenvalue weighted by Gasteiger charge is -2.18. The summed E-state index contributed by atoms with van der Waals surface area (Å²) in [5.41, 5.74) is 2.85. The van der Waals surface area contributed by atoms with Crippen molar-refractivity contribution in [1.82, 2.24) is 5.32 Å². The van der Waals surface area contributed by atoms with E-state index in [1.54, 1.807) is 19.9 Å². The molecule has 1 atom stereocenters. The fourth-order valence-electron chi connectivity index (χ4n) is 1.64. The minimum absolute atomic E-state index is 0.178. The van der Waals surface area contributed by atoms with E-state index in [0.29, 0.717) is 5.69 Å². The standard InChI is InChI=1S/C14H20N2O3/c1-8(2)12(13(17)18)16-14(19)15-11-6-5-9(3)10(4)7-11/h5-8,12H,1-4H3,(H,17,18)(H2,15,16,19)/t12-/m0/s1. The van der Waals surface area contributed by atoms with Gasteiger partial charge in [-0.25, -0.2) is 9.59 Å². The van der Waals surface area contributed by atoms with Crippen molar-refractivity contribution in [2.24, 2.45) is 5.92 Å². The first-order valence-corrected chi connectivity index (χ1v) is 6.19. The first kappa shape index (κ1) is 15.0. The Morgan fingerprint density at radius 2 is 1.79 bits per heavy atom. The normalized spacial score (nSPS) is 12.1. The van der Waals surface area contributed by atoms with Crippen LogP contribution in [0.3, 0.4) is 0 Å². The molecule has 0 aromatic heterocycles. The summed E-state index contributed by atoms with van der Waals surface area (Å²) in [6.45, 7) is 7.43. The van der Waals surface area contributed by atoms with Gasteiger partial charge >= 0.3 is 12.0 Å². The number of hydrogen-bond donors (Lipinski definition) is 3. The van der Waals surface area contributed by atoms with Gasteiger partial charge in [0.25, 0.3) is 0 Å². The highest BCUT2D eigenvalue weighted by Crippen LogP contribution is 2.14. The first-order valence-electron chi connectivity index (χ1n) is 6.19. The Morgan fingerprint density at radius 1 is 1.16 bits per heavy atom. The Balaban J connectivity index is 2.69. The van der Waals surface area contributed by atoms with Crippen molar-refractivity contribution in [3.63, 3.8) is 0 Å². The SMILES string of the molecule is Cc1ccc(NC(=O)N[C@H](C(=O)O)C(C)C)cc1C. The van der Waals surface area contributed by atoms with Gasteiger partial charge in [0.2, 0.25) is 0 Å². The summed E-state index contributed by atoms with van der Waals surface area (Å²) in [7, 11) is 0. The number of anilines is 1. The van der Waals surface area contributed by atoms with Gasteiger partial charge in [0.05, 0.1) is 0 Å². The van der Waals surface area contributed by atoms with Crippen molar-refractivity contribution in [3.05, 3.63) is 29.3 Å². The van der Waals surface area contributed by atoms with Gasteiger partial charge in [-0.1, -0.05) is 19.9 Å². The van der Waals surface area contributed by atoms with E-state index in [4.69, 9.17) is 5.11 Å². The predicted octanol–water partition coefficient (Wildman–Crippen LogP) is 2.53. The van der Waals surface area contributed by atoms with E-state index in [-0.39, 0.29) is 5.92 Å². The molecule has 0 saturated carbocycles. The lowest BCUT2D eigenvalue weighted by molar-refractivity contribution is -0.140. The van der Waals surface area contributed by atoms with Crippen LogP contribution in [0.15, 0.2) is 18.2 Å². The lowest BCUT2D eigenvalue weighted by atomic mass is 10.1. The van der Waals surface area contributed by atoms with E-state index in [1.807, 2.05) is 26.0 Å². The van der Waals surface area contributed by atoms with Crippen LogP contribution in [0.2, 0.25) is 0 Å². The average Bonchev–Trinajstić information content (AvgIpc) is 2.30. The number of hydrogen-bond acceptors (Lipinski definition) is 2. The summed E-state index contributed by atoms with van der Waals surface area (Å²) in [4.78, 5) is 22.7. The van der Waals surface area contributed by atoms with E-state index < -0.39 is 18.0 Å². The topological polar surface area (TPSA) is 78.4 Å². The summed E-state index contributed by atoms with van der Waals surface area (Å²) < 4.78 is 0. The number of aliphatic carboxylic acids is 1. The molecule has 0 heterocycles. The highest BCUT2D eigenvalue weighted by Gasteiger charge is 2.23. The van der Waals surface area contributed by atoms with Crippen molar-refractivity contribution in [2.75, 3.05) is 5.32 Å². The molecular weight excluding hydrogens is 244 g/mol. The Kier molecular flexibility index (Phi) is 4.92. The third-order valence-corrected chi connectivity index (χ3v) is 2.98. The highest BCUT2D eigenvalue weighted by atomic mass is 16.4. The summed E-state index contributed by atoms with van der Waals surface area (Å²) in [5.74, 6) is -1.21. The number of amides is 2. The fourth-order valence-corrected chi connectivity index (χ4v) is 1.64. The van der Waals surface area contributed by atoms with Crippen LogP contribution in [0.25, 0.3) is 0 Å². The minimum atomic E-state index is -1.04. The zero-order chi connectivity index (χ0) is 14.6. The molecule has 0 aliphatic rings. The molecule has 1 aromatic carbocycles. The Bertz CT molecular complexity index is 484. The van der Waals surface area contributed by atoms with Gasteiger partial charge in [0.15, 0.2) is 0 Å². The number of carbonyl (C=O) groups is 2. The first-order chi connectivity index (χ1) is 8.81. The fraction of sp³-hybridized carbons (Fsp3) is 0.429. The molecule has 5 heteroatoms. The number of carbonyl (C=O) groups excluding carboxylic acids is 1. The van der Waals surface area contributed by atoms with E-state index in [9.17, 15) is 9.59 Å². The molecule has 3 N–H and O–H groups in total. The second-order valence-electron chi connectivity index (χ2n) is 4.96. The molecule has 2 amide bonds. The number of rotatable bonds is 4. The number of aryl methyl sites for hydroxylation is 2. The second kappa shape index (κ2) is 6.22. The smallest absolute Gasteiger partial charge is 0.326 e. The molecular formula is C14H20N2O3. The Hall–Kier alpha value is -2.04. The molecule has 0 unspecified atom stereocenters. The van der Waals surface area contributed by atoms with Crippen molar-refractivity contribution in [2.45, 2.75) is 33.7 Å². The van der Waals surface area contributed by atoms with E-state index >= 15 is 0 Å². The lowest BCUT2D eigenvalue weighted by Crippen LogP contribution is -2.46. The number of urea groups is 1. The van der Waals surface area contributed by atoms with E-state index in [0.717, 1.165) is 11.1 Å². The molecule has 0 bridgehead atoms. The van der Waals surface area contributed by atoms with Gasteiger partial charge in [-0.15, -0.1) is 0 Å². The van der Waals surface area contributed by atoms with Gasteiger partial charge in [-0.2, -0.15) is 0 Å². The summed E-state index contributed by atoms with van der Waals surface area (Å²) >= 11 is 0. The van der Waals surface area contributed by atoms with Crippen LogP contribution in [0, 0.1) is 19.8 Å². The molecule has 0 fully saturated rings. The van der Waals surface area contributed by atoms with Crippen molar-refractivity contribution in [3.8, 4) is 0 Å². The molecule has 0 radical (unpaired) electrons. The van der Waals surface area contributed by atoms with Gasteiger partial charge in [0.1, 0.15) is 6.04 Å². The average molecular weight is 264 g/mol. The van der Waals surface area contributed by atoms with Crippen LogP contribution in [-0.4, -0.2) is 23.1 Å². The second-order valence-corrected chi connectivity index (χ2v) is 4.96. The van der Waals surface area contributed by atoms with Gasteiger partial charge < -0.3 is 15.7 Å². The van der Waals surface area contributed by atoms with Gasteiger partial charge in [-0.05, 0) is 43.0 Å². The molecule has 19 heavy (non-hydrogen) atoms. The zero-order valence-electron chi connectivity index (χ0n) is 11.7. The summed E-state index contributed by atoms with van der Waals surface area (Å²) in [6.07, 6.45) is 0. The van der Waals surface area contributed by atoms with Crippen LogP contribution in [0.1, 0.15) is 25.0 Å². The van der Waals surface area contributed by atoms with E-state index in [1.165, 1.54) is 0 Å². The van der Waals surface area contributed by atoms with Crippen LogP contribution in [-0.2, 0) is 4.79 Å². The van der Waals surface area contributed by atoms with Crippen molar-refractivity contribution >= 4 is 17.7 Å². The summed E-state index contributed by atoms with van der Waals surface area (Å²) in [6, 6.07) is 4.13. The highest BCUT2D eigenvalue weighted by molar-refractivity contribution is 5.92. The third kappa shape index (κ3) is 4.28. The Morgan fingerprint density at radius 3 is 2.26 bits per heavy atom. The largest absolute Gasteiger partial charge is 0.480 e. The van der Waals surface area contributed by atoms with Crippen LogP contribution in [0.4, 0.5) is 10.5 Å². The molecule has 0 saturated heterocycles. The van der Waals surface area contributed by atoms with E-state index in [2.05, 4.69) is 10.6 Å². The molecule has 104 valence electrons. The molecule has 1 rings (SSSR count). The third-order valence-electron chi connectivity index (χ3n) is 2.98. The predicted molar refractivity (Wildman–Crippen MR) is 74.3 cm³/mol. The number of nitrogens with one attached hydrogen (secondary N) is 2. The number of carboxylic acids is 1. The molecule has 5 nitrogen and oxygen atoms in total. The van der Waals surface area contributed by atoms with Crippen molar-refractivity contribution in [1.29, 1.82) is 0 Å². The minimum Gasteiger partial charge on any atom is -0.480 e. The molecule has 0 aliphatic heterocycles. The van der Waals surface area contributed by atoms with Crippen LogP contribution in [0.5, 0.6) is 0 Å². The Labute approximate surface area is 113 Å². The zero-order valence-corrected chi connectivity index (χ0v) is 11.7. The van der Waals surface area contributed by atoms with Crippen LogP contribution >= 0.6 is 0 Å². The maximum absolute atomic E-state index is 11.7.